The summed E-state index contributed by atoms with van der Waals surface area (Å²) in [5.74, 6) is 0.422. The van der Waals surface area contributed by atoms with Crippen LogP contribution in [0.15, 0.2) is 18.2 Å². The van der Waals surface area contributed by atoms with E-state index in [0.717, 1.165) is 16.8 Å². The fourth-order valence-electron chi connectivity index (χ4n) is 2.75. The molecule has 0 saturated carbocycles. The summed E-state index contributed by atoms with van der Waals surface area (Å²) >= 11 is 0. The molecular formula is C17H25N3O2. The Labute approximate surface area is 132 Å². The zero-order chi connectivity index (χ0) is 16.3. The van der Waals surface area contributed by atoms with Gasteiger partial charge in [-0.15, -0.1) is 0 Å². The molecule has 0 unspecified atom stereocenters. The molecule has 0 aromatic heterocycles. The molecule has 1 aliphatic rings. The smallest absolute Gasteiger partial charge is 0.321 e. The van der Waals surface area contributed by atoms with Gasteiger partial charge in [0.05, 0.1) is 0 Å². The summed E-state index contributed by atoms with van der Waals surface area (Å²) < 4.78 is 0. The maximum absolute atomic E-state index is 12.5. The van der Waals surface area contributed by atoms with Crippen molar-refractivity contribution in [2.75, 3.05) is 31.5 Å². The second-order valence-electron chi connectivity index (χ2n) is 6.12. The van der Waals surface area contributed by atoms with E-state index in [1.807, 2.05) is 19.1 Å². The average molecular weight is 303 g/mol. The van der Waals surface area contributed by atoms with Gasteiger partial charge in [-0.3, -0.25) is 4.79 Å². The van der Waals surface area contributed by atoms with Crippen molar-refractivity contribution < 1.29 is 9.59 Å². The van der Waals surface area contributed by atoms with Crippen molar-refractivity contribution in [1.82, 2.24) is 9.80 Å². The van der Waals surface area contributed by atoms with Crippen molar-refractivity contribution in [3.63, 3.8) is 0 Å². The first-order valence-corrected chi connectivity index (χ1v) is 7.81. The number of para-hydroxylation sites is 1. The van der Waals surface area contributed by atoms with Gasteiger partial charge in [0.15, 0.2) is 0 Å². The van der Waals surface area contributed by atoms with E-state index in [-0.39, 0.29) is 11.9 Å². The van der Waals surface area contributed by atoms with Crippen molar-refractivity contribution in [3.8, 4) is 0 Å². The Morgan fingerprint density at radius 3 is 2.23 bits per heavy atom. The molecule has 0 aliphatic carbocycles. The minimum absolute atomic E-state index is 0.0704. The van der Waals surface area contributed by atoms with Gasteiger partial charge in [-0.2, -0.15) is 0 Å². The molecule has 0 radical (unpaired) electrons. The maximum Gasteiger partial charge on any atom is 0.321 e. The molecule has 0 bridgehead atoms. The standard InChI is InChI=1S/C17H25N3O2/c1-12(2)15-7-5-6-13(3)16(15)18-17(22)20-10-8-19(9-11-20)14(4)21/h5-7,12H,8-11H2,1-4H3,(H,18,22). The van der Waals surface area contributed by atoms with Gasteiger partial charge in [0.25, 0.3) is 0 Å². The molecule has 1 aromatic rings. The highest BCUT2D eigenvalue weighted by molar-refractivity contribution is 5.91. The van der Waals surface area contributed by atoms with Crippen LogP contribution < -0.4 is 5.32 Å². The van der Waals surface area contributed by atoms with E-state index in [4.69, 9.17) is 0 Å². The van der Waals surface area contributed by atoms with Crippen LogP contribution in [0.1, 0.15) is 37.8 Å². The molecule has 1 fully saturated rings. The lowest BCUT2D eigenvalue weighted by atomic mass is 9.98. The van der Waals surface area contributed by atoms with Crippen molar-refractivity contribution in [3.05, 3.63) is 29.3 Å². The Hall–Kier alpha value is -2.04. The summed E-state index contributed by atoms with van der Waals surface area (Å²) in [4.78, 5) is 27.4. The summed E-state index contributed by atoms with van der Waals surface area (Å²) in [6, 6.07) is 6.00. The zero-order valence-corrected chi connectivity index (χ0v) is 13.8. The van der Waals surface area contributed by atoms with Crippen LogP contribution in [0.2, 0.25) is 0 Å². The third kappa shape index (κ3) is 3.59. The molecular weight excluding hydrogens is 278 g/mol. The van der Waals surface area contributed by atoms with Crippen molar-refractivity contribution >= 4 is 17.6 Å². The number of piperazine rings is 1. The Morgan fingerprint density at radius 1 is 1.09 bits per heavy atom. The van der Waals surface area contributed by atoms with Crippen LogP contribution >= 0.6 is 0 Å². The summed E-state index contributed by atoms with van der Waals surface area (Å²) in [6.45, 7) is 10.2. The third-order valence-corrected chi connectivity index (χ3v) is 4.17. The van der Waals surface area contributed by atoms with Gasteiger partial charge in [0, 0.05) is 38.8 Å². The van der Waals surface area contributed by atoms with Gasteiger partial charge in [0.1, 0.15) is 0 Å². The lowest BCUT2D eigenvalue weighted by molar-refractivity contribution is -0.130. The molecule has 1 aliphatic heterocycles. The number of amides is 3. The normalized spacial score (nSPS) is 15.1. The molecule has 120 valence electrons. The van der Waals surface area contributed by atoms with Crippen molar-refractivity contribution in [1.29, 1.82) is 0 Å². The van der Waals surface area contributed by atoms with Crippen LogP contribution in [-0.4, -0.2) is 47.9 Å². The number of urea groups is 1. The van der Waals surface area contributed by atoms with E-state index in [9.17, 15) is 9.59 Å². The van der Waals surface area contributed by atoms with E-state index < -0.39 is 0 Å². The van der Waals surface area contributed by atoms with Crippen LogP contribution in [-0.2, 0) is 4.79 Å². The van der Waals surface area contributed by atoms with Crippen LogP contribution in [0.25, 0.3) is 0 Å². The lowest BCUT2D eigenvalue weighted by Crippen LogP contribution is -2.51. The summed E-state index contributed by atoms with van der Waals surface area (Å²) in [5, 5.41) is 3.06. The Balaban J connectivity index is 2.06. The second kappa shape index (κ2) is 6.81. The Bertz CT molecular complexity index is 561. The monoisotopic (exact) mass is 303 g/mol. The van der Waals surface area contributed by atoms with Crippen LogP contribution in [0.3, 0.4) is 0 Å². The minimum Gasteiger partial charge on any atom is -0.339 e. The molecule has 1 saturated heterocycles. The van der Waals surface area contributed by atoms with Gasteiger partial charge >= 0.3 is 6.03 Å². The lowest BCUT2D eigenvalue weighted by Gasteiger charge is -2.34. The second-order valence-corrected chi connectivity index (χ2v) is 6.12. The Kier molecular flexibility index (Phi) is 5.06. The first-order valence-electron chi connectivity index (χ1n) is 7.81. The van der Waals surface area contributed by atoms with Crippen LogP contribution in [0.5, 0.6) is 0 Å². The van der Waals surface area contributed by atoms with Crippen molar-refractivity contribution in [2.24, 2.45) is 0 Å². The number of nitrogens with zero attached hydrogens (tertiary/aromatic N) is 2. The number of hydrogen-bond donors (Lipinski definition) is 1. The Morgan fingerprint density at radius 2 is 1.68 bits per heavy atom. The predicted octanol–water partition coefficient (Wildman–Crippen LogP) is 2.81. The van der Waals surface area contributed by atoms with Gasteiger partial charge in [0.2, 0.25) is 5.91 Å². The summed E-state index contributed by atoms with van der Waals surface area (Å²) in [6.07, 6.45) is 0. The number of anilines is 1. The molecule has 5 nitrogen and oxygen atoms in total. The number of rotatable bonds is 2. The highest BCUT2D eigenvalue weighted by Gasteiger charge is 2.23. The van der Waals surface area contributed by atoms with E-state index in [0.29, 0.717) is 32.1 Å². The van der Waals surface area contributed by atoms with E-state index in [2.05, 4.69) is 25.2 Å². The van der Waals surface area contributed by atoms with Crippen LogP contribution in [0, 0.1) is 6.92 Å². The highest BCUT2D eigenvalue weighted by Crippen LogP contribution is 2.27. The average Bonchev–Trinajstić information content (AvgIpc) is 2.49. The number of carbonyl (C=O) groups excluding carboxylic acids is 2. The maximum atomic E-state index is 12.5. The SMILES string of the molecule is CC(=O)N1CCN(C(=O)Nc2c(C)cccc2C(C)C)CC1. The van der Waals surface area contributed by atoms with Crippen LogP contribution in [0.4, 0.5) is 10.5 Å². The molecule has 22 heavy (non-hydrogen) atoms. The summed E-state index contributed by atoms with van der Waals surface area (Å²) in [5.41, 5.74) is 3.13. The fourth-order valence-corrected chi connectivity index (χ4v) is 2.75. The first kappa shape index (κ1) is 16.3. The quantitative estimate of drug-likeness (QED) is 0.913. The largest absolute Gasteiger partial charge is 0.339 e. The summed E-state index contributed by atoms with van der Waals surface area (Å²) in [7, 11) is 0. The number of hydrogen-bond acceptors (Lipinski definition) is 2. The highest BCUT2D eigenvalue weighted by atomic mass is 16.2. The topological polar surface area (TPSA) is 52.7 Å². The molecule has 1 heterocycles. The molecule has 1 N–H and O–H groups in total. The third-order valence-electron chi connectivity index (χ3n) is 4.17. The molecule has 3 amide bonds. The fraction of sp³-hybridized carbons (Fsp3) is 0.529. The predicted molar refractivity (Wildman–Crippen MR) is 88.1 cm³/mol. The van der Waals surface area contributed by atoms with E-state index in [1.165, 1.54) is 0 Å². The van der Waals surface area contributed by atoms with E-state index >= 15 is 0 Å². The molecule has 0 atom stereocenters. The number of benzene rings is 1. The molecule has 5 heteroatoms. The number of nitrogens with one attached hydrogen (secondary N) is 1. The van der Waals surface area contributed by atoms with Gasteiger partial charge in [-0.1, -0.05) is 32.0 Å². The minimum atomic E-state index is -0.0839. The zero-order valence-electron chi connectivity index (χ0n) is 13.8. The molecule has 0 spiro atoms. The van der Waals surface area contributed by atoms with E-state index in [1.54, 1.807) is 16.7 Å². The van der Waals surface area contributed by atoms with Gasteiger partial charge in [-0.05, 0) is 24.0 Å². The van der Waals surface area contributed by atoms with Gasteiger partial charge in [-0.25, -0.2) is 4.79 Å². The number of carbonyl (C=O) groups is 2. The molecule has 2 rings (SSSR count). The number of aryl methyl sites for hydroxylation is 1. The molecule has 1 aromatic carbocycles. The van der Waals surface area contributed by atoms with Gasteiger partial charge < -0.3 is 15.1 Å². The van der Waals surface area contributed by atoms with Crippen molar-refractivity contribution in [2.45, 2.75) is 33.6 Å². The first-order chi connectivity index (χ1) is 10.4.